The number of rotatable bonds is 3. The molecule has 1 N–H and O–H groups in total. The number of hydrogen-bond acceptors (Lipinski definition) is 3. The molecule has 0 saturated carbocycles. The molecule has 2 heterocycles. The molecule has 1 aliphatic heterocycles. The van der Waals surface area contributed by atoms with Gasteiger partial charge >= 0.3 is 0 Å². The number of aromatic nitrogens is 1. The number of fused-ring (bicyclic) bond motifs is 3. The Kier molecular flexibility index (Phi) is 5.05. The molecule has 0 spiro atoms. The molecule has 2 unspecified atom stereocenters. The highest BCUT2D eigenvalue weighted by atomic mass is 35.5. The summed E-state index contributed by atoms with van der Waals surface area (Å²) in [7, 11) is 5.87. The van der Waals surface area contributed by atoms with Crippen molar-refractivity contribution in [3.8, 4) is 5.75 Å². The number of phenolic OH excluding ortho intramolecular Hbond substituents is 1. The largest absolute Gasteiger partial charge is 0.508 e. The Bertz CT molecular complexity index is 1090. The molecule has 1 amide bonds. The second-order valence-corrected chi connectivity index (χ2v) is 8.44. The van der Waals surface area contributed by atoms with Crippen LogP contribution in [0.1, 0.15) is 29.8 Å². The molecule has 0 aliphatic carbocycles. The maximum atomic E-state index is 13.4. The van der Waals surface area contributed by atoms with Gasteiger partial charge < -0.3 is 14.6 Å². The fourth-order valence-electron chi connectivity index (χ4n) is 4.36. The van der Waals surface area contributed by atoms with Crippen molar-refractivity contribution in [3.63, 3.8) is 0 Å². The lowest BCUT2D eigenvalue weighted by atomic mass is 9.91. The molecular formula is C23H26ClN3O2. The SMILES string of the molecule is CC(C(=O)N1CCc2c(n(C)c3ccc(Cl)cc23)C1c1cccc(O)c1)N(C)C. The van der Waals surface area contributed by atoms with E-state index in [0.717, 1.165) is 28.6 Å². The maximum absolute atomic E-state index is 13.4. The zero-order valence-corrected chi connectivity index (χ0v) is 17.9. The first kappa shape index (κ1) is 19.8. The number of carbonyl (C=O) groups excluding carboxylic acids is 1. The van der Waals surface area contributed by atoms with E-state index in [2.05, 4.69) is 4.57 Å². The predicted octanol–water partition coefficient (Wildman–Crippen LogP) is 3.96. The summed E-state index contributed by atoms with van der Waals surface area (Å²) in [4.78, 5) is 17.3. The van der Waals surface area contributed by atoms with E-state index in [4.69, 9.17) is 11.6 Å². The summed E-state index contributed by atoms with van der Waals surface area (Å²) < 4.78 is 2.16. The molecule has 29 heavy (non-hydrogen) atoms. The van der Waals surface area contributed by atoms with Gasteiger partial charge in [-0.05, 0) is 68.9 Å². The van der Waals surface area contributed by atoms with Gasteiger partial charge in [0.25, 0.3) is 0 Å². The molecule has 3 aromatic rings. The zero-order chi connectivity index (χ0) is 20.9. The number of carbonyl (C=O) groups is 1. The van der Waals surface area contributed by atoms with Gasteiger partial charge in [-0.1, -0.05) is 23.7 Å². The lowest BCUT2D eigenvalue weighted by Gasteiger charge is -2.39. The first-order valence-corrected chi connectivity index (χ1v) is 10.2. The van der Waals surface area contributed by atoms with Crippen molar-refractivity contribution in [2.75, 3.05) is 20.6 Å². The van der Waals surface area contributed by atoms with Crippen molar-refractivity contribution in [3.05, 3.63) is 64.3 Å². The van der Waals surface area contributed by atoms with Crippen LogP contribution in [0.25, 0.3) is 10.9 Å². The molecule has 6 heteroatoms. The van der Waals surface area contributed by atoms with Gasteiger partial charge in [-0.2, -0.15) is 0 Å². The van der Waals surface area contributed by atoms with Crippen LogP contribution in [0.2, 0.25) is 5.02 Å². The Morgan fingerprint density at radius 1 is 1.24 bits per heavy atom. The third kappa shape index (κ3) is 3.28. The van der Waals surface area contributed by atoms with Crippen LogP contribution < -0.4 is 0 Å². The van der Waals surface area contributed by atoms with Crippen molar-refractivity contribution in [1.29, 1.82) is 0 Å². The van der Waals surface area contributed by atoms with Crippen molar-refractivity contribution in [2.45, 2.75) is 25.4 Å². The Balaban J connectivity index is 1.94. The van der Waals surface area contributed by atoms with E-state index in [1.54, 1.807) is 12.1 Å². The van der Waals surface area contributed by atoms with Gasteiger partial charge in [0.15, 0.2) is 0 Å². The molecule has 1 aliphatic rings. The molecule has 0 saturated heterocycles. The lowest BCUT2D eigenvalue weighted by Crippen LogP contribution is -2.49. The van der Waals surface area contributed by atoms with E-state index in [0.29, 0.717) is 11.6 Å². The van der Waals surface area contributed by atoms with E-state index in [1.165, 1.54) is 5.56 Å². The van der Waals surface area contributed by atoms with Crippen molar-refractivity contribution >= 4 is 28.4 Å². The number of aromatic hydroxyl groups is 1. The zero-order valence-electron chi connectivity index (χ0n) is 17.2. The molecule has 5 nitrogen and oxygen atoms in total. The minimum Gasteiger partial charge on any atom is -0.508 e. The normalized spacial score (nSPS) is 17.6. The summed E-state index contributed by atoms with van der Waals surface area (Å²) in [5.74, 6) is 0.279. The van der Waals surface area contributed by atoms with Gasteiger partial charge in [0.1, 0.15) is 5.75 Å². The second kappa shape index (κ2) is 7.39. The number of benzene rings is 2. The number of aryl methyl sites for hydroxylation is 1. The van der Waals surface area contributed by atoms with Crippen LogP contribution in [0.5, 0.6) is 5.75 Å². The fraction of sp³-hybridized carbons (Fsp3) is 0.348. The van der Waals surface area contributed by atoms with E-state index < -0.39 is 0 Å². The van der Waals surface area contributed by atoms with Gasteiger partial charge in [-0.15, -0.1) is 0 Å². The summed E-state index contributed by atoms with van der Waals surface area (Å²) in [6, 6.07) is 12.7. The molecule has 1 aromatic heterocycles. The quantitative estimate of drug-likeness (QED) is 0.709. The van der Waals surface area contributed by atoms with E-state index in [-0.39, 0.29) is 23.7 Å². The number of likely N-dealkylation sites (N-methyl/N-ethyl adjacent to an activating group) is 1. The highest BCUT2D eigenvalue weighted by molar-refractivity contribution is 6.31. The topological polar surface area (TPSA) is 48.7 Å². The highest BCUT2D eigenvalue weighted by Crippen LogP contribution is 2.41. The van der Waals surface area contributed by atoms with Crippen LogP contribution in [0.3, 0.4) is 0 Å². The Hall–Kier alpha value is -2.50. The number of halogens is 1. The summed E-state index contributed by atoms with van der Waals surface area (Å²) in [5.41, 5.74) is 4.31. The maximum Gasteiger partial charge on any atom is 0.240 e. The van der Waals surface area contributed by atoms with E-state index in [1.807, 2.05) is 68.2 Å². The van der Waals surface area contributed by atoms with E-state index >= 15 is 0 Å². The number of amides is 1. The van der Waals surface area contributed by atoms with Gasteiger partial charge in [-0.25, -0.2) is 0 Å². The third-order valence-corrected chi connectivity index (χ3v) is 6.33. The van der Waals surface area contributed by atoms with E-state index in [9.17, 15) is 9.90 Å². The van der Waals surface area contributed by atoms with Crippen molar-refractivity contribution < 1.29 is 9.90 Å². The summed E-state index contributed by atoms with van der Waals surface area (Å²) in [6.45, 7) is 2.55. The molecule has 4 rings (SSSR count). The number of nitrogens with zero attached hydrogens (tertiary/aromatic N) is 3. The molecule has 2 aromatic carbocycles. The predicted molar refractivity (Wildman–Crippen MR) is 116 cm³/mol. The average Bonchev–Trinajstić information content (AvgIpc) is 2.97. The minimum absolute atomic E-state index is 0.0808. The minimum atomic E-state index is -0.267. The molecule has 0 radical (unpaired) electrons. The standard InChI is InChI=1S/C23H26ClN3O2/c1-14(25(2)3)23(29)27-11-10-18-19-13-16(24)8-9-20(19)26(4)22(18)21(27)15-6-5-7-17(28)12-15/h5-9,12-14,21,28H,10-11H2,1-4H3. The van der Waals surface area contributed by atoms with Crippen LogP contribution >= 0.6 is 11.6 Å². The smallest absolute Gasteiger partial charge is 0.240 e. The van der Waals surface area contributed by atoms with Gasteiger partial charge in [-0.3, -0.25) is 9.69 Å². The average molecular weight is 412 g/mol. The van der Waals surface area contributed by atoms with Crippen molar-refractivity contribution in [1.82, 2.24) is 14.4 Å². The Morgan fingerprint density at radius 2 is 2.00 bits per heavy atom. The number of phenols is 1. The van der Waals surface area contributed by atoms with Gasteiger partial charge in [0.05, 0.1) is 12.1 Å². The highest BCUT2D eigenvalue weighted by Gasteiger charge is 2.37. The fourth-order valence-corrected chi connectivity index (χ4v) is 4.54. The molecule has 2 atom stereocenters. The molecular weight excluding hydrogens is 386 g/mol. The Morgan fingerprint density at radius 3 is 2.69 bits per heavy atom. The number of hydrogen-bond donors (Lipinski definition) is 1. The van der Waals surface area contributed by atoms with Crippen LogP contribution in [0.15, 0.2) is 42.5 Å². The monoisotopic (exact) mass is 411 g/mol. The first-order chi connectivity index (χ1) is 13.8. The molecule has 0 bridgehead atoms. The summed E-state index contributed by atoms with van der Waals surface area (Å²) >= 11 is 6.29. The lowest BCUT2D eigenvalue weighted by molar-refractivity contribution is -0.137. The van der Waals surface area contributed by atoms with Gasteiger partial charge in [0.2, 0.25) is 5.91 Å². The van der Waals surface area contributed by atoms with Crippen LogP contribution in [0.4, 0.5) is 0 Å². The molecule has 0 fully saturated rings. The van der Waals surface area contributed by atoms with Crippen LogP contribution in [-0.2, 0) is 18.3 Å². The third-order valence-electron chi connectivity index (χ3n) is 6.09. The molecule has 152 valence electrons. The second-order valence-electron chi connectivity index (χ2n) is 8.00. The summed E-state index contributed by atoms with van der Waals surface area (Å²) in [6.07, 6.45) is 0.772. The Labute approximate surface area is 176 Å². The first-order valence-electron chi connectivity index (χ1n) is 9.82. The van der Waals surface area contributed by atoms with Crippen LogP contribution in [-0.4, -0.2) is 52.1 Å². The van der Waals surface area contributed by atoms with Gasteiger partial charge in [0, 0.05) is 35.2 Å². The summed E-state index contributed by atoms with van der Waals surface area (Å²) in [5, 5.41) is 12.0. The van der Waals surface area contributed by atoms with Crippen molar-refractivity contribution in [2.24, 2.45) is 7.05 Å². The van der Waals surface area contributed by atoms with Crippen LogP contribution in [0, 0.1) is 0 Å².